The van der Waals surface area contributed by atoms with E-state index in [-0.39, 0.29) is 18.8 Å². The third-order valence-electron chi connectivity index (χ3n) is 2.02. The number of alkyl halides is 3. The zero-order valence-electron chi connectivity index (χ0n) is 8.45. The van der Waals surface area contributed by atoms with E-state index in [0.717, 1.165) is 7.11 Å². The Morgan fingerprint density at radius 2 is 1.87 bits per heavy atom. The van der Waals surface area contributed by atoms with Crippen LogP contribution in [0.1, 0.15) is 13.3 Å². The van der Waals surface area contributed by atoms with Crippen LogP contribution in [-0.4, -0.2) is 31.7 Å². The number of carbonyl (C=O) groups is 1. The van der Waals surface area contributed by atoms with Crippen LogP contribution in [0.25, 0.3) is 0 Å². The SMILES string of the molecule is CCC(C(=O)OC)C(N)C(F)C(F)F.Cl. The van der Waals surface area contributed by atoms with Crippen molar-refractivity contribution in [2.45, 2.75) is 32.0 Å². The highest BCUT2D eigenvalue weighted by Gasteiger charge is 2.36. The number of halogens is 4. The van der Waals surface area contributed by atoms with E-state index in [0.29, 0.717) is 0 Å². The number of nitrogens with two attached hydrogens (primary N) is 1. The Balaban J connectivity index is 0. The molecule has 0 bridgehead atoms. The van der Waals surface area contributed by atoms with E-state index in [4.69, 9.17) is 5.73 Å². The Hall–Kier alpha value is -0.490. The molecular weight excluding hydrogens is 235 g/mol. The summed E-state index contributed by atoms with van der Waals surface area (Å²) in [6, 6.07) is -1.52. The van der Waals surface area contributed by atoms with Crippen molar-refractivity contribution >= 4 is 18.4 Å². The van der Waals surface area contributed by atoms with Gasteiger partial charge in [-0.3, -0.25) is 4.79 Å². The Morgan fingerprint density at radius 1 is 1.40 bits per heavy atom. The van der Waals surface area contributed by atoms with Gasteiger partial charge in [0, 0.05) is 0 Å². The van der Waals surface area contributed by atoms with Crippen molar-refractivity contribution in [2.24, 2.45) is 11.7 Å². The lowest BCUT2D eigenvalue weighted by Gasteiger charge is -2.22. The zero-order chi connectivity index (χ0) is 11.3. The van der Waals surface area contributed by atoms with Crippen LogP contribution in [0.15, 0.2) is 0 Å². The number of esters is 1. The van der Waals surface area contributed by atoms with Crippen LogP contribution in [0.4, 0.5) is 13.2 Å². The lowest BCUT2D eigenvalue weighted by Crippen LogP contribution is -2.45. The molecule has 7 heteroatoms. The fourth-order valence-corrected chi connectivity index (χ4v) is 1.14. The normalized spacial score (nSPS) is 16.5. The van der Waals surface area contributed by atoms with Gasteiger partial charge in [0.25, 0.3) is 6.43 Å². The van der Waals surface area contributed by atoms with Crippen LogP contribution >= 0.6 is 12.4 Å². The molecule has 0 rings (SSSR count). The molecule has 0 aromatic rings. The molecule has 0 spiro atoms. The second kappa shape index (κ2) is 7.76. The molecule has 0 radical (unpaired) electrons. The minimum Gasteiger partial charge on any atom is -0.469 e. The van der Waals surface area contributed by atoms with E-state index >= 15 is 0 Å². The first-order valence-corrected chi connectivity index (χ1v) is 4.21. The van der Waals surface area contributed by atoms with Gasteiger partial charge in [-0.1, -0.05) is 6.92 Å². The quantitative estimate of drug-likeness (QED) is 0.752. The average Bonchev–Trinajstić information content (AvgIpc) is 2.16. The summed E-state index contributed by atoms with van der Waals surface area (Å²) in [4.78, 5) is 11.0. The van der Waals surface area contributed by atoms with Crippen molar-refractivity contribution in [2.75, 3.05) is 7.11 Å². The highest BCUT2D eigenvalue weighted by Crippen LogP contribution is 2.18. The molecular formula is C8H15ClF3NO2. The number of hydrogen-bond acceptors (Lipinski definition) is 3. The van der Waals surface area contributed by atoms with Crippen molar-refractivity contribution in [3.05, 3.63) is 0 Å². The van der Waals surface area contributed by atoms with E-state index < -0.39 is 30.5 Å². The van der Waals surface area contributed by atoms with Crippen LogP contribution in [0.5, 0.6) is 0 Å². The summed E-state index contributed by atoms with van der Waals surface area (Å²) in [5.41, 5.74) is 5.19. The predicted molar refractivity (Wildman–Crippen MR) is 51.9 cm³/mol. The van der Waals surface area contributed by atoms with Gasteiger partial charge in [-0.15, -0.1) is 12.4 Å². The summed E-state index contributed by atoms with van der Waals surface area (Å²) in [5, 5.41) is 0. The number of hydrogen-bond donors (Lipinski definition) is 1. The van der Waals surface area contributed by atoms with Crippen molar-refractivity contribution in [3.63, 3.8) is 0 Å². The van der Waals surface area contributed by atoms with Gasteiger partial charge in [0.2, 0.25) is 0 Å². The first-order chi connectivity index (χ1) is 6.45. The van der Waals surface area contributed by atoms with Crippen molar-refractivity contribution in [1.29, 1.82) is 0 Å². The number of rotatable bonds is 5. The summed E-state index contributed by atoms with van der Waals surface area (Å²) in [5.74, 6) is -1.78. The first kappa shape index (κ1) is 16.9. The lowest BCUT2D eigenvalue weighted by molar-refractivity contribution is -0.147. The number of ether oxygens (including phenoxy) is 1. The largest absolute Gasteiger partial charge is 0.469 e. The summed E-state index contributed by atoms with van der Waals surface area (Å²) in [6.07, 6.45) is -5.51. The molecule has 0 aliphatic carbocycles. The average molecular weight is 250 g/mol. The second-order valence-electron chi connectivity index (χ2n) is 2.89. The molecule has 0 amide bonds. The molecule has 0 fully saturated rings. The standard InChI is InChI=1S/C8H14F3NO2.ClH/c1-3-4(8(13)14-2)6(12)5(9)7(10)11;/h4-7H,3,12H2,1-2H3;1H. The van der Waals surface area contributed by atoms with Gasteiger partial charge >= 0.3 is 5.97 Å². The highest BCUT2D eigenvalue weighted by atomic mass is 35.5. The van der Waals surface area contributed by atoms with Crippen LogP contribution in [0, 0.1) is 5.92 Å². The summed E-state index contributed by atoms with van der Waals surface area (Å²) in [7, 11) is 1.10. The maximum absolute atomic E-state index is 12.8. The first-order valence-electron chi connectivity index (χ1n) is 4.21. The molecule has 3 nitrogen and oxygen atoms in total. The highest BCUT2D eigenvalue weighted by molar-refractivity contribution is 5.85. The van der Waals surface area contributed by atoms with E-state index in [1.807, 2.05) is 0 Å². The third-order valence-corrected chi connectivity index (χ3v) is 2.02. The molecule has 0 saturated carbocycles. The van der Waals surface area contributed by atoms with E-state index in [1.165, 1.54) is 0 Å². The number of methoxy groups -OCH3 is 1. The molecule has 0 aliphatic rings. The van der Waals surface area contributed by atoms with Crippen LogP contribution in [0.3, 0.4) is 0 Å². The van der Waals surface area contributed by atoms with Crippen LogP contribution in [0.2, 0.25) is 0 Å². The van der Waals surface area contributed by atoms with Crippen molar-refractivity contribution < 1.29 is 22.7 Å². The molecule has 2 N–H and O–H groups in total. The topological polar surface area (TPSA) is 52.3 Å². The van der Waals surface area contributed by atoms with Gasteiger partial charge in [-0.25, -0.2) is 13.2 Å². The molecule has 0 saturated heterocycles. The lowest BCUT2D eigenvalue weighted by atomic mass is 9.94. The predicted octanol–water partition coefficient (Wildman–Crippen LogP) is 1.54. The molecule has 3 unspecified atom stereocenters. The second-order valence-corrected chi connectivity index (χ2v) is 2.89. The minimum absolute atomic E-state index is 0. The smallest absolute Gasteiger partial charge is 0.310 e. The van der Waals surface area contributed by atoms with Crippen molar-refractivity contribution in [1.82, 2.24) is 0 Å². The number of carbonyl (C=O) groups excluding carboxylic acids is 1. The molecule has 0 heterocycles. The van der Waals surface area contributed by atoms with E-state index in [2.05, 4.69) is 4.74 Å². The third kappa shape index (κ3) is 4.70. The van der Waals surface area contributed by atoms with Gasteiger partial charge in [0.15, 0.2) is 6.17 Å². The molecule has 3 atom stereocenters. The zero-order valence-corrected chi connectivity index (χ0v) is 9.27. The Morgan fingerprint density at radius 3 is 2.13 bits per heavy atom. The maximum atomic E-state index is 12.8. The summed E-state index contributed by atoms with van der Waals surface area (Å²) < 4.78 is 41.0. The fraction of sp³-hybridized carbons (Fsp3) is 0.875. The molecule has 92 valence electrons. The minimum atomic E-state index is -3.18. The molecule has 0 aliphatic heterocycles. The fourth-order valence-electron chi connectivity index (χ4n) is 1.14. The Labute approximate surface area is 92.6 Å². The van der Waals surface area contributed by atoms with Crippen LogP contribution in [-0.2, 0) is 9.53 Å². The van der Waals surface area contributed by atoms with E-state index in [1.54, 1.807) is 6.92 Å². The Bertz CT molecular complexity index is 195. The van der Waals surface area contributed by atoms with E-state index in [9.17, 15) is 18.0 Å². The maximum Gasteiger partial charge on any atom is 0.310 e. The monoisotopic (exact) mass is 249 g/mol. The summed E-state index contributed by atoms with van der Waals surface area (Å²) in [6.45, 7) is 1.56. The van der Waals surface area contributed by atoms with Gasteiger partial charge in [-0.2, -0.15) is 0 Å². The van der Waals surface area contributed by atoms with Gasteiger partial charge in [0.05, 0.1) is 19.1 Å². The van der Waals surface area contributed by atoms with Gasteiger partial charge in [0.1, 0.15) is 0 Å². The summed E-state index contributed by atoms with van der Waals surface area (Å²) >= 11 is 0. The van der Waals surface area contributed by atoms with Crippen LogP contribution < -0.4 is 5.73 Å². The van der Waals surface area contributed by atoms with Gasteiger partial charge < -0.3 is 10.5 Å². The van der Waals surface area contributed by atoms with Gasteiger partial charge in [-0.05, 0) is 6.42 Å². The molecule has 15 heavy (non-hydrogen) atoms. The molecule has 0 aromatic carbocycles. The Kier molecular flexibility index (Phi) is 8.75. The van der Waals surface area contributed by atoms with Crippen molar-refractivity contribution in [3.8, 4) is 0 Å². The molecule has 0 aromatic heterocycles.